The van der Waals surface area contributed by atoms with Crippen molar-refractivity contribution in [3.05, 3.63) is 86.9 Å². The first kappa shape index (κ1) is 20.5. The molecule has 0 fully saturated rings. The zero-order chi connectivity index (χ0) is 22.1. The van der Waals surface area contributed by atoms with E-state index in [4.69, 9.17) is 0 Å². The van der Waals surface area contributed by atoms with Crippen molar-refractivity contribution in [2.24, 2.45) is 0 Å². The van der Waals surface area contributed by atoms with Gasteiger partial charge < -0.3 is 4.90 Å². The van der Waals surface area contributed by atoms with Gasteiger partial charge in [-0.3, -0.25) is 19.9 Å². The number of hydrogen-bond acceptors (Lipinski definition) is 5. The highest BCUT2D eigenvalue weighted by atomic mass is 19.1. The quantitative estimate of drug-likeness (QED) is 0.457. The summed E-state index contributed by atoms with van der Waals surface area (Å²) in [4.78, 5) is 33.8. The molecule has 158 valence electrons. The first-order valence-electron chi connectivity index (χ1n) is 9.70. The van der Waals surface area contributed by atoms with E-state index in [1.54, 1.807) is 11.1 Å². The Morgan fingerprint density at radius 2 is 1.94 bits per heavy atom. The molecule has 1 aliphatic rings. The Hall–Kier alpha value is -3.75. The molecule has 0 bridgehead atoms. The molecular formula is C22H18F2N4O3. The molecule has 2 aromatic heterocycles. The van der Waals surface area contributed by atoms with Crippen molar-refractivity contribution in [3.63, 3.8) is 0 Å². The van der Waals surface area contributed by atoms with Crippen molar-refractivity contribution in [3.8, 4) is 11.3 Å². The van der Waals surface area contributed by atoms with Gasteiger partial charge in [0.15, 0.2) is 0 Å². The number of carbonyl (C=O) groups excluding carboxylic acids is 1. The van der Waals surface area contributed by atoms with Gasteiger partial charge in [0.2, 0.25) is 5.91 Å². The van der Waals surface area contributed by atoms with Gasteiger partial charge in [0.05, 0.1) is 17.0 Å². The van der Waals surface area contributed by atoms with Crippen molar-refractivity contribution in [1.29, 1.82) is 0 Å². The fourth-order valence-electron chi connectivity index (χ4n) is 3.59. The molecule has 9 heteroatoms. The average Bonchev–Trinajstić information content (AvgIpc) is 3.17. The van der Waals surface area contributed by atoms with E-state index in [2.05, 4.69) is 9.97 Å². The predicted molar refractivity (Wildman–Crippen MR) is 108 cm³/mol. The first-order chi connectivity index (χ1) is 14.9. The Kier molecular flexibility index (Phi) is 5.41. The zero-order valence-corrected chi connectivity index (χ0v) is 16.6. The minimum absolute atomic E-state index is 0.00301. The number of aromatic nitrogens is 2. The number of halogens is 2. The van der Waals surface area contributed by atoms with E-state index in [-0.39, 0.29) is 35.0 Å². The third-order valence-electron chi connectivity index (χ3n) is 5.25. The zero-order valence-electron chi connectivity index (χ0n) is 16.6. The smallest absolute Gasteiger partial charge is 0.291 e. The third-order valence-corrected chi connectivity index (χ3v) is 5.25. The standard InChI is InChI=1S/C22H18F2N4O3/c1-2-16-7-13-11-27(12-14(13)10-25-16)22(29)9-20-21(28(30)31)6-5-19(26-20)17-4-3-15(23)8-18(17)24/h3-8,10H,2,9,11-12H2,1H3. The molecule has 1 aromatic carbocycles. The van der Waals surface area contributed by atoms with Gasteiger partial charge in [-0.15, -0.1) is 0 Å². The van der Waals surface area contributed by atoms with Gasteiger partial charge in [-0.1, -0.05) is 6.92 Å². The van der Waals surface area contributed by atoms with E-state index in [0.29, 0.717) is 19.2 Å². The van der Waals surface area contributed by atoms with Gasteiger partial charge in [-0.25, -0.2) is 13.8 Å². The topological polar surface area (TPSA) is 89.2 Å². The molecule has 3 aromatic rings. The molecule has 0 unspecified atom stereocenters. The molecule has 1 amide bonds. The highest BCUT2D eigenvalue weighted by Crippen LogP contribution is 2.28. The average molecular weight is 424 g/mol. The molecule has 4 rings (SSSR count). The van der Waals surface area contributed by atoms with Crippen molar-refractivity contribution < 1.29 is 18.5 Å². The molecule has 0 saturated carbocycles. The summed E-state index contributed by atoms with van der Waals surface area (Å²) in [6.45, 7) is 2.75. The molecule has 3 heterocycles. The second-order valence-corrected chi connectivity index (χ2v) is 7.27. The maximum Gasteiger partial charge on any atom is 0.291 e. The van der Waals surface area contributed by atoms with Crippen LogP contribution in [0.2, 0.25) is 0 Å². The van der Waals surface area contributed by atoms with Crippen molar-refractivity contribution in [2.45, 2.75) is 32.9 Å². The van der Waals surface area contributed by atoms with E-state index in [9.17, 15) is 23.7 Å². The van der Waals surface area contributed by atoms with Gasteiger partial charge in [-0.2, -0.15) is 0 Å². The summed E-state index contributed by atoms with van der Waals surface area (Å²) >= 11 is 0. The number of fused-ring (bicyclic) bond motifs is 1. The summed E-state index contributed by atoms with van der Waals surface area (Å²) in [7, 11) is 0. The van der Waals surface area contributed by atoms with E-state index in [0.717, 1.165) is 29.3 Å². The maximum absolute atomic E-state index is 14.2. The minimum atomic E-state index is -0.840. The van der Waals surface area contributed by atoms with Crippen LogP contribution >= 0.6 is 0 Å². The lowest BCUT2D eigenvalue weighted by molar-refractivity contribution is -0.385. The van der Waals surface area contributed by atoms with Crippen LogP contribution in [0, 0.1) is 21.7 Å². The first-order valence-corrected chi connectivity index (χ1v) is 9.70. The number of benzene rings is 1. The lowest BCUT2D eigenvalue weighted by atomic mass is 10.1. The van der Waals surface area contributed by atoms with Crippen LogP contribution in [-0.2, 0) is 30.7 Å². The minimum Gasteiger partial charge on any atom is -0.334 e. The molecular weight excluding hydrogens is 406 g/mol. The normalized spacial score (nSPS) is 12.7. The molecule has 0 aliphatic carbocycles. The Balaban J connectivity index is 1.61. The molecule has 0 radical (unpaired) electrons. The lowest BCUT2D eigenvalue weighted by Crippen LogP contribution is -2.27. The van der Waals surface area contributed by atoms with Crippen LogP contribution in [-0.4, -0.2) is 25.7 Å². The number of carbonyl (C=O) groups is 1. The highest BCUT2D eigenvalue weighted by molar-refractivity contribution is 5.80. The molecule has 0 N–H and O–H groups in total. The van der Waals surface area contributed by atoms with Crippen molar-refractivity contribution in [2.75, 3.05) is 0 Å². The van der Waals surface area contributed by atoms with Gasteiger partial charge in [0, 0.05) is 42.7 Å². The van der Waals surface area contributed by atoms with Gasteiger partial charge in [0.1, 0.15) is 17.3 Å². The van der Waals surface area contributed by atoms with Crippen LogP contribution < -0.4 is 0 Å². The van der Waals surface area contributed by atoms with E-state index in [1.165, 1.54) is 18.2 Å². The number of nitro groups is 1. The van der Waals surface area contributed by atoms with Crippen LogP contribution in [0.25, 0.3) is 11.3 Å². The molecule has 31 heavy (non-hydrogen) atoms. The Morgan fingerprint density at radius 3 is 2.65 bits per heavy atom. The van der Waals surface area contributed by atoms with Crippen LogP contribution in [0.5, 0.6) is 0 Å². The fourth-order valence-corrected chi connectivity index (χ4v) is 3.59. The number of rotatable bonds is 5. The van der Waals surface area contributed by atoms with Gasteiger partial charge in [-0.05, 0) is 41.8 Å². The van der Waals surface area contributed by atoms with E-state index in [1.807, 2.05) is 13.0 Å². The summed E-state index contributed by atoms with van der Waals surface area (Å²) in [5.74, 6) is -1.91. The van der Waals surface area contributed by atoms with E-state index < -0.39 is 16.6 Å². The van der Waals surface area contributed by atoms with Crippen LogP contribution in [0.15, 0.2) is 42.6 Å². The molecule has 0 saturated heterocycles. The number of nitrogens with zero attached hydrogens (tertiary/aromatic N) is 4. The number of hydrogen-bond donors (Lipinski definition) is 0. The number of amides is 1. The van der Waals surface area contributed by atoms with Crippen LogP contribution in [0.1, 0.15) is 29.4 Å². The molecule has 7 nitrogen and oxygen atoms in total. The van der Waals surface area contributed by atoms with Crippen molar-refractivity contribution in [1.82, 2.24) is 14.9 Å². The SMILES string of the molecule is CCc1cc2c(cn1)CN(C(=O)Cc1nc(-c3ccc(F)cc3F)ccc1[N+](=O)[O-])C2. The van der Waals surface area contributed by atoms with Gasteiger partial charge >= 0.3 is 0 Å². The molecule has 0 atom stereocenters. The summed E-state index contributed by atoms with van der Waals surface area (Å²) in [6, 6.07) is 7.42. The summed E-state index contributed by atoms with van der Waals surface area (Å²) in [5, 5.41) is 11.4. The van der Waals surface area contributed by atoms with E-state index >= 15 is 0 Å². The van der Waals surface area contributed by atoms with Gasteiger partial charge in [0.25, 0.3) is 5.69 Å². The fraction of sp³-hybridized carbons (Fsp3) is 0.227. The Labute approximate surface area is 176 Å². The monoisotopic (exact) mass is 424 g/mol. The summed E-state index contributed by atoms with van der Waals surface area (Å²) < 4.78 is 27.4. The maximum atomic E-state index is 14.2. The molecule has 0 spiro atoms. The largest absolute Gasteiger partial charge is 0.334 e. The second kappa shape index (κ2) is 8.17. The number of aryl methyl sites for hydroxylation is 1. The highest BCUT2D eigenvalue weighted by Gasteiger charge is 2.27. The van der Waals surface area contributed by atoms with Crippen molar-refractivity contribution >= 4 is 11.6 Å². The second-order valence-electron chi connectivity index (χ2n) is 7.27. The van der Waals surface area contributed by atoms with Crippen LogP contribution in [0.3, 0.4) is 0 Å². The third kappa shape index (κ3) is 4.11. The Morgan fingerprint density at radius 1 is 1.16 bits per heavy atom. The Bertz CT molecular complexity index is 1200. The number of pyridine rings is 2. The summed E-state index contributed by atoms with van der Waals surface area (Å²) in [5.41, 5.74) is 2.56. The predicted octanol–water partition coefficient (Wildman–Crippen LogP) is 3.98. The lowest BCUT2D eigenvalue weighted by Gasteiger charge is -2.15. The molecule has 1 aliphatic heterocycles. The summed E-state index contributed by atoms with van der Waals surface area (Å²) in [6.07, 6.45) is 2.22. The van der Waals surface area contributed by atoms with Crippen LogP contribution in [0.4, 0.5) is 14.5 Å².